The van der Waals surface area contributed by atoms with Gasteiger partial charge in [-0.15, -0.1) is 0 Å². The summed E-state index contributed by atoms with van der Waals surface area (Å²) in [6, 6.07) is 4.59. The molecule has 0 spiro atoms. The van der Waals surface area contributed by atoms with E-state index in [9.17, 15) is 0 Å². The largest absolute Gasteiger partial charge is 0.481 e. The Kier molecular flexibility index (Phi) is 4.42. The van der Waals surface area contributed by atoms with Gasteiger partial charge in [-0.05, 0) is 38.8 Å². The Morgan fingerprint density at radius 2 is 2.39 bits per heavy atom. The molecule has 4 nitrogen and oxygen atoms in total. The van der Waals surface area contributed by atoms with E-state index in [2.05, 4.69) is 29.0 Å². The average molecular weight is 249 g/mol. The maximum atomic E-state index is 5.12. The number of pyridine rings is 1. The first kappa shape index (κ1) is 13.1. The van der Waals surface area contributed by atoms with Gasteiger partial charge in [0.25, 0.3) is 0 Å². The SMILES string of the molecule is COc1cc(NCC2CCN(C(C)C)C2)ccn1. The summed E-state index contributed by atoms with van der Waals surface area (Å²) in [6.07, 6.45) is 3.06. The van der Waals surface area contributed by atoms with E-state index in [1.165, 1.54) is 19.5 Å². The lowest BCUT2D eigenvalue weighted by atomic mass is 10.1. The van der Waals surface area contributed by atoms with E-state index in [1.807, 2.05) is 12.1 Å². The van der Waals surface area contributed by atoms with Crippen molar-refractivity contribution in [2.24, 2.45) is 5.92 Å². The third-order valence-corrected chi connectivity index (χ3v) is 3.59. The maximum absolute atomic E-state index is 5.12. The Bertz CT molecular complexity index is 381. The van der Waals surface area contributed by atoms with Crippen LogP contribution in [0.25, 0.3) is 0 Å². The Morgan fingerprint density at radius 1 is 1.56 bits per heavy atom. The van der Waals surface area contributed by atoms with Gasteiger partial charge in [0.2, 0.25) is 5.88 Å². The van der Waals surface area contributed by atoms with Crippen LogP contribution in [0.15, 0.2) is 18.3 Å². The van der Waals surface area contributed by atoms with Gasteiger partial charge in [-0.25, -0.2) is 4.98 Å². The third kappa shape index (κ3) is 3.35. The summed E-state index contributed by atoms with van der Waals surface area (Å²) in [5.74, 6) is 1.40. The normalized spacial score (nSPS) is 20.3. The van der Waals surface area contributed by atoms with Crippen LogP contribution in [0.4, 0.5) is 5.69 Å². The van der Waals surface area contributed by atoms with Crippen LogP contribution in [0.5, 0.6) is 5.88 Å². The minimum Gasteiger partial charge on any atom is -0.481 e. The molecule has 0 aromatic carbocycles. The topological polar surface area (TPSA) is 37.4 Å². The van der Waals surface area contributed by atoms with Crippen molar-refractivity contribution in [3.05, 3.63) is 18.3 Å². The lowest BCUT2D eigenvalue weighted by molar-refractivity contribution is 0.266. The van der Waals surface area contributed by atoms with Crippen LogP contribution in [0.2, 0.25) is 0 Å². The molecule has 2 heterocycles. The maximum Gasteiger partial charge on any atom is 0.214 e. The fraction of sp³-hybridized carbons (Fsp3) is 0.643. The van der Waals surface area contributed by atoms with E-state index in [0.717, 1.165) is 18.2 Å². The predicted molar refractivity (Wildman–Crippen MR) is 74.1 cm³/mol. The highest BCUT2D eigenvalue weighted by Gasteiger charge is 2.23. The molecule has 0 bridgehead atoms. The molecule has 1 N–H and O–H groups in total. The third-order valence-electron chi connectivity index (χ3n) is 3.59. The van der Waals surface area contributed by atoms with Crippen LogP contribution in [-0.2, 0) is 0 Å². The van der Waals surface area contributed by atoms with Crippen molar-refractivity contribution in [1.82, 2.24) is 9.88 Å². The minimum atomic E-state index is 0.662. The van der Waals surface area contributed by atoms with E-state index < -0.39 is 0 Å². The minimum absolute atomic E-state index is 0.662. The summed E-state index contributed by atoms with van der Waals surface area (Å²) in [4.78, 5) is 6.64. The Balaban J connectivity index is 1.81. The number of likely N-dealkylation sites (tertiary alicyclic amines) is 1. The molecule has 4 heteroatoms. The average Bonchev–Trinajstić information content (AvgIpc) is 2.85. The van der Waals surface area contributed by atoms with Gasteiger partial charge in [0.15, 0.2) is 0 Å². The molecule has 1 atom stereocenters. The van der Waals surface area contributed by atoms with E-state index in [-0.39, 0.29) is 0 Å². The monoisotopic (exact) mass is 249 g/mol. The molecule has 1 aromatic heterocycles. The number of ether oxygens (including phenoxy) is 1. The Labute approximate surface area is 109 Å². The molecule has 0 radical (unpaired) electrons. The molecule has 1 aliphatic heterocycles. The number of nitrogens with one attached hydrogen (secondary N) is 1. The quantitative estimate of drug-likeness (QED) is 0.868. The van der Waals surface area contributed by atoms with Crippen molar-refractivity contribution in [2.45, 2.75) is 26.3 Å². The van der Waals surface area contributed by atoms with E-state index >= 15 is 0 Å². The number of hydrogen-bond acceptors (Lipinski definition) is 4. The van der Waals surface area contributed by atoms with Gasteiger partial charge in [-0.2, -0.15) is 0 Å². The first-order valence-corrected chi connectivity index (χ1v) is 6.67. The Morgan fingerprint density at radius 3 is 3.06 bits per heavy atom. The number of nitrogens with zero attached hydrogens (tertiary/aromatic N) is 2. The fourth-order valence-corrected chi connectivity index (χ4v) is 2.39. The molecule has 1 aromatic rings. The van der Waals surface area contributed by atoms with Gasteiger partial charge in [0, 0.05) is 37.1 Å². The molecule has 0 amide bonds. The van der Waals surface area contributed by atoms with Gasteiger partial charge in [-0.3, -0.25) is 0 Å². The standard InChI is InChI=1S/C14H23N3O/c1-11(2)17-7-5-12(10-17)9-16-13-4-6-15-14(8-13)18-3/h4,6,8,11-12H,5,7,9-10H2,1-3H3,(H,15,16). The second kappa shape index (κ2) is 6.05. The molecule has 1 aliphatic rings. The molecule has 18 heavy (non-hydrogen) atoms. The van der Waals surface area contributed by atoms with Crippen molar-refractivity contribution in [2.75, 3.05) is 32.1 Å². The first-order chi connectivity index (χ1) is 8.69. The second-order valence-corrected chi connectivity index (χ2v) is 5.21. The number of methoxy groups -OCH3 is 1. The summed E-state index contributed by atoms with van der Waals surface area (Å²) < 4.78 is 5.12. The van der Waals surface area contributed by atoms with E-state index in [4.69, 9.17) is 4.74 Å². The Hall–Kier alpha value is -1.29. The zero-order valence-corrected chi connectivity index (χ0v) is 11.5. The van der Waals surface area contributed by atoms with Crippen LogP contribution in [0.1, 0.15) is 20.3 Å². The second-order valence-electron chi connectivity index (χ2n) is 5.21. The van der Waals surface area contributed by atoms with Crippen LogP contribution < -0.4 is 10.1 Å². The highest BCUT2D eigenvalue weighted by atomic mass is 16.5. The van der Waals surface area contributed by atoms with E-state index in [1.54, 1.807) is 13.3 Å². The van der Waals surface area contributed by atoms with Crippen LogP contribution in [0, 0.1) is 5.92 Å². The molecule has 0 saturated carbocycles. The summed E-state index contributed by atoms with van der Waals surface area (Å²) in [5, 5.41) is 3.47. The summed E-state index contributed by atoms with van der Waals surface area (Å²) in [6.45, 7) is 7.99. The zero-order chi connectivity index (χ0) is 13.0. The van der Waals surface area contributed by atoms with Crippen molar-refractivity contribution in [1.29, 1.82) is 0 Å². The number of hydrogen-bond donors (Lipinski definition) is 1. The highest BCUT2D eigenvalue weighted by Crippen LogP contribution is 2.20. The van der Waals surface area contributed by atoms with Crippen LogP contribution in [-0.4, -0.2) is 42.7 Å². The number of anilines is 1. The predicted octanol–water partition coefficient (Wildman–Crippen LogP) is 2.23. The molecular formula is C14H23N3O. The van der Waals surface area contributed by atoms with E-state index in [0.29, 0.717) is 11.9 Å². The smallest absolute Gasteiger partial charge is 0.214 e. The van der Waals surface area contributed by atoms with Crippen LogP contribution in [0.3, 0.4) is 0 Å². The summed E-state index contributed by atoms with van der Waals surface area (Å²) in [7, 11) is 1.64. The lowest BCUT2D eigenvalue weighted by Crippen LogP contribution is -2.29. The fourth-order valence-electron chi connectivity index (χ4n) is 2.39. The van der Waals surface area contributed by atoms with Gasteiger partial charge in [0.1, 0.15) is 0 Å². The molecule has 100 valence electrons. The number of aromatic nitrogens is 1. The van der Waals surface area contributed by atoms with Crippen molar-refractivity contribution >= 4 is 5.69 Å². The van der Waals surface area contributed by atoms with Crippen LogP contribution >= 0.6 is 0 Å². The summed E-state index contributed by atoms with van der Waals surface area (Å²) in [5.41, 5.74) is 1.09. The molecule has 1 fully saturated rings. The molecule has 1 unspecified atom stereocenters. The van der Waals surface area contributed by atoms with Crippen molar-refractivity contribution in [3.63, 3.8) is 0 Å². The zero-order valence-electron chi connectivity index (χ0n) is 11.5. The lowest BCUT2D eigenvalue weighted by Gasteiger charge is -2.20. The van der Waals surface area contributed by atoms with Gasteiger partial charge in [0.05, 0.1) is 7.11 Å². The van der Waals surface area contributed by atoms with Gasteiger partial charge in [-0.1, -0.05) is 0 Å². The van der Waals surface area contributed by atoms with Gasteiger partial charge < -0.3 is 15.0 Å². The number of rotatable bonds is 5. The van der Waals surface area contributed by atoms with Crippen molar-refractivity contribution < 1.29 is 4.74 Å². The molecular weight excluding hydrogens is 226 g/mol. The molecule has 2 rings (SSSR count). The first-order valence-electron chi connectivity index (χ1n) is 6.67. The van der Waals surface area contributed by atoms with Crippen molar-refractivity contribution in [3.8, 4) is 5.88 Å². The van der Waals surface area contributed by atoms with Gasteiger partial charge >= 0.3 is 0 Å². The highest BCUT2D eigenvalue weighted by molar-refractivity contribution is 5.44. The summed E-state index contributed by atoms with van der Waals surface area (Å²) >= 11 is 0. The molecule has 1 saturated heterocycles. The molecule has 0 aliphatic carbocycles.